The number of carbonyl (C=O) groups is 2. The maximum Gasteiger partial charge on any atom is 0.329 e. The molecule has 5 nitrogen and oxygen atoms in total. The Labute approximate surface area is 141 Å². The standard InChI is InChI=1S/C16H14IN3O2/c1-11-5-2-3-8-14(11)19-15(21)16(22)20-18-10-12-6-4-7-13(17)9-12/h2-10H,1H3,(H,19,21)(H,20,22)/b18-10+. The van der Waals surface area contributed by atoms with E-state index >= 15 is 0 Å². The summed E-state index contributed by atoms with van der Waals surface area (Å²) in [7, 11) is 0. The van der Waals surface area contributed by atoms with Gasteiger partial charge in [-0.3, -0.25) is 9.59 Å². The zero-order chi connectivity index (χ0) is 15.9. The Morgan fingerprint density at radius 1 is 1.09 bits per heavy atom. The zero-order valence-corrected chi connectivity index (χ0v) is 14.0. The average Bonchev–Trinajstić information content (AvgIpc) is 2.49. The summed E-state index contributed by atoms with van der Waals surface area (Å²) in [5.74, 6) is -1.57. The molecule has 2 amide bonds. The van der Waals surface area contributed by atoms with E-state index in [1.807, 2.05) is 43.3 Å². The van der Waals surface area contributed by atoms with Gasteiger partial charge < -0.3 is 5.32 Å². The van der Waals surface area contributed by atoms with Crippen molar-refractivity contribution >= 4 is 46.3 Å². The number of benzene rings is 2. The van der Waals surface area contributed by atoms with E-state index in [1.165, 1.54) is 6.21 Å². The summed E-state index contributed by atoms with van der Waals surface area (Å²) in [4.78, 5) is 23.4. The van der Waals surface area contributed by atoms with Gasteiger partial charge in [0, 0.05) is 9.26 Å². The first-order chi connectivity index (χ1) is 10.6. The second kappa shape index (κ2) is 7.69. The van der Waals surface area contributed by atoms with Crippen molar-refractivity contribution in [2.45, 2.75) is 6.92 Å². The molecule has 0 aromatic heterocycles. The maximum atomic E-state index is 11.8. The van der Waals surface area contributed by atoms with Crippen molar-refractivity contribution < 1.29 is 9.59 Å². The molecule has 0 atom stereocenters. The molecule has 0 heterocycles. The summed E-state index contributed by atoms with van der Waals surface area (Å²) < 4.78 is 1.06. The summed E-state index contributed by atoms with van der Waals surface area (Å²) in [6.07, 6.45) is 1.49. The number of hydrogen-bond donors (Lipinski definition) is 2. The van der Waals surface area contributed by atoms with Gasteiger partial charge in [0.25, 0.3) is 0 Å². The second-order valence-electron chi connectivity index (χ2n) is 4.52. The Balaban J connectivity index is 1.92. The van der Waals surface area contributed by atoms with Gasteiger partial charge in [0.05, 0.1) is 6.21 Å². The first-order valence-electron chi connectivity index (χ1n) is 6.52. The van der Waals surface area contributed by atoms with E-state index in [0.717, 1.165) is 14.7 Å². The molecule has 0 unspecified atom stereocenters. The fourth-order valence-electron chi connectivity index (χ4n) is 1.70. The van der Waals surface area contributed by atoms with Gasteiger partial charge in [-0.25, -0.2) is 5.43 Å². The Bertz CT molecular complexity index is 729. The van der Waals surface area contributed by atoms with E-state index < -0.39 is 11.8 Å². The van der Waals surface area contributed by atoms with E-state index in [-0.39, 0.29) is 0 Å². The Hall–Kier alpha value is -2.22. The quantitative estimate of drug-likeness (QED) is 0.356. The van der Waals surface area contributed by atoms with Crippen LogP contribution in [0.15, 0.2) is 53.6 Å². The van der Waals surface area contributed by atoms with Crippen LogP contribution < -0.4 is 10.7 Å². The largest absolute Gasteiger partial charge is 0.329 e. The Morgan fingerprint density at radius 2 is 1.86 bits per heavy atom. The third-order valence-electron chi connectivity index (χ3n) is 2.83. The molecule has 0 fully saturated rings. The summed E-state index contributed by atoms with van der Waals surface area (Å²) in [6, 6.07) is 14.8. The average molecular weight is 407 g/mol. The molecule has 0 saturated heterocycles. The molecule has 2 rings (SSSR count). The highest BCUT2D eigenvalue weighted by Gasteiger charge is 2.13. The molecule has 0 aliphatic rings. The van der Waals surface area contributed by atoms with Gasteiger partial charge in [-0.2, -0.15) is 5.10 Å². The van der Waals surface area contributed by atoms with Crippen molar-refractivity contribution in [2.24, 2.45) is 5.10 Å². The van der Waals surface area contributed by atoms with Crippen molar-refractivity contribution in [3.8, 4) is 0 Å². The van der Waals surface area contributed by atoms with Crippen LogP contribution in [-0.2, 0) is 9.59 Å². The van der Waals surface area contributed by atoms with E-state index in [1.54, 1.807) is 12.1 Å². The Kier molecular flexibility index (Phi) is 5.65. The second-order valence-corrected chi connectivity index (χ2v) is 5.77. The first-order valence-corrected chi connectivity index (χ1v) is 7.60. The van der Waals surface area contributed by atoms with Crippen molar-refractivity contribution in [1.82, 2.24) is 5.43 Å². The number of amides is 2. The summed E-state index contributed by atoms with van der Waals surface area (Å²) in [5, 5.41) is 6.32. The summed E-state index contributed by atoms with van der Waals surface area (Å²) in [5.41, 5.74) is 4.53. The topological polar surface area (TPSA) is 70.6 Å². The molecule has 0 spiro atoms. The number of nitrogens with zero attached hydrogens (tertiary/aromatic N) is 1. The van der Waals surface area contributed by atoms with Crippen molar-refractivity contribution in [3.05, 3.63) is 63.2 Å². The monoisotopic (exact) mass is 407 g/mol. The molecule has 0 aliphatic heterocycles. The molecule has 0 radical (unpaired) electrons. The number of hydrogen-bond acceptors (Lipinski definition) is 3. The van der Waals surface area contributed by atoms with Crippen molar-refractivity contribution in [1.29, 1.82) is 0 Å². The highest BCUT2D eigenvalue weighted by Crippen LogP contribution is 2.12. The molecule has 6 heteroatoms. The van der Waals surface area contributed by atoms with Crippen LogP contribution in [0.4, 0.5) is 5.69 Å². The molecule has 0 aliphatic carbocycles. The molecule has 0 bridgehead atoms. The van der Waals surface area contributed by atoms with Gasteiger partial charge in [-0.05, 0) is 58.8 Å². The molecule has 112 valence electrons. The van der Waals surface area contributed by atoms with Crippen LogP contribution >= 0.6 is 22.6 Å². The summed E-state index contributed by atoms with van der Waals surface area (Å²) >= 11 is 2.18. The third kappa shape index (κ3) is 4.66. The molecule has 2 aromatic rings. The molecular formula is C16H14IN3O2. The SMILES string of the molecule is Cc1ccccc1NC(=O)C(=O)N/N=C/c1cccc(I)c1. The first kappa shape index (κ1) is 16.2. The fraction of sp³-hybridized carbons (Fsp3) is 0.0625. The number of halogens is 1. The number of rotatable bonds is 3. The smallest absolute Gasteiger partial charge is 0.317 e. The van der Waals surface area contributed by atoms with Crippen LogP contribution in [0.5, 0.6) is 0 Å². The highest BCUT2D eigenvalue weighted by atomic mass is 127. The number of anilines is 1. The van der Waals surface area contributed by atoms with E-state index in [4.69, 9.17) is 0 Å². The van der Waals surface area contributed by atoms with E-state index in [2.05, 4.69) is 38.4 Å². The van der Waals surface area contributed by atoms with Crippen LogP contribution in [-0.4, -0.2) is 18.0 Å². The lowest BCUT2D eigenvalue weighted by Crippen LogP contribution is -2.32. The maximum absolute atomic E-state index is 11.8. The number of para-hydroxylation sites is 1. The van der Waals surface area contributed by atoms with Gasteiger partial charge in [0.2, 0.25) is 0 Å². The van der Waals surface area contributed by atoms with Gasteiger partial charge in [-0.15, -0.1) is 0 Å². The predicted octanol–water partition coefficient (Wildman–Crippen LogP) is 2.69. The minimum absolute atomic E-state index is 0.601. The van der Waals surface area contributed by atoms with Crippen LogP contribution in [0.25, 0.3) is 0 Å². The highest BCUT2D eigenvalue weighted by molar-refractivity contribution is 14.1. The number of aryl methyl sites for hydroxylation is 1. The lowest BCUT2D eigenvalue weighted by Gasteiger charge is -2.06. The predicted molar refractivity (Wildman–Crippen MR) is 94.7 cm³/mol. The minimum Gasteiger partial charge on any atom is -0.317 e. The third-order valence-corrected chi connectivity index (χ3v) is 3.50. The van der Waals surface area contributed by atoms with E-state index in [9.17, 15) is 9.59 Å². The van der Waals surface area contributed by atoms with Gasteiger partial charge >= 0.3 is 11.8 Å². The van der Waals surface area contributed by atoms with Crippen molar-refractivity contribution in [2.75, 3.05) is 5.32 Å². The Morgan fingerprint density at radius 3 is 2.59 bits per heavy atom. The number of hydrazone groups is 1. The van der Waals surface area contributed by atoms with E-state index in [0.29, 0.717) is 5.69 Å². The van der Waals surface area contributed by atoms with Crippen LogP contribution in [0.1, 0.15) is 11.1 Å². The minimum atomic E-state index is -0.815. The fourth-order valence-corrected chi connectivity index (χ4v) is 2.26. The van der Waals surface area contributed by atoms with Gasteiger partial charge in [0.15, 0.2) is 0 Å². The lowest BCUT2D eigenvalue weighted by molar-refractivity contribution is -0.136. The molecule has 22 heavy (non-hydrogen) atoms. The zero-order valence-electron chi connectivity index (χ0n) is 11.8. The molecule has 0 saturated carbocycles. The molecule has 2 aromatic carbocycles. The number of carbonyl (C=O) groups excluding carboxylic acids is 2. The number of nitrogens with one attached hydrogen (secondary N) is 2. The van der Waals surface area contributed by atoms with Crippen LogP contribution in [0.2, 0.25) is 0 Å². The summed E-state index contributed by atoms with van der Waals surface area (Å²) in [6.45, 7) is 1.85. The van der Waals surface area contributed by atoms with Crippen LogP contribution in [0.3, 0.4) is 0 Å². The molecular weight excluding hydrogens is 393 g/mol. The van der Waals surface area contributed by atoms with Crippen LogP contribution in [0, 0.1) is 10.5 Å². The normalized spacial score (nSPS) is 10.5. The van der Waals surface area contributed by atoms with Gasteiger partial charge in [-0.1, -0.05) is 30.3 Å². The van der Waals surface area contributed by atoms with Gasteiger partial charge in [0.1, 0.15) is 0 Å². The lowest BCUT2D eigenvalue weighted by atomic mass is 10.2. The molecule has 2 N–H and O–H groups in total. The van der Waals surface area contributed by atoms with Crippen molar-refractivity contribution in [3.63, 3.8) is 0 Å².